The number of aromatic nitrogens is 1. The first-order valence-electron chi connectivity index (χ1n) is 7.95. The summed E-state index contributed by atoms with van der Waals surface area (Å²) in [5.41, 5.74) is 2.13. The van der Waals surface area contributed by atoms with Crippen LogP contribution in [0.5, 0.6) is 0 Å². The number of para-hydroxylation sites is 1. The molecule has 0 aliphatic rings. The molecule has 0 radical (unpaired) electrons. The van der Waals surface area contributed by atoms with Crippen LogP contribution < -0.4 is 0 Å². The Kier molecular flexibility index (Phi) is 5.20. The van der Waals surface area contributed by atoms with Gasteiger partial charge >= 0.3 is 6.18 Å². The molecule has 1 aromatic heterocycles. The number of H-pyrrole nitrogens is 1. The third-order valence-electron chi connectivity index (χ3n) is 4.36. The lowest BCUT2D eigenvalue weighted by Gasteiger charge is -2.18. The van der Waals surface area contributed by atoms with Crippen molar-refractivity contribution in [2.75, 3.05) is 6.61 Å². The summed E-state index contributed by atoms with van der Waals surface area (Å²) in [6, 6.07) is 11.1. The molecule has 2 N–H and O–H groups in total. The summed E-state index contributed by atoms with van der Waals surface area (Å²) < 4.78 is 39.4. The smallest absolute Gasteiger partial charge is 0.396 e. The molecule has 0 bridgehead atoms. The maximum atomic E-state index is 12.8. The quantitative estimate of drug-likeness (QED) is 0.542. The van der Waals surface area contributed by atoms with Crippen LogP contribution in [-0.2, 0) is 6.18 Å². The highest BCUT2D eigenvalue weighted by atomic mass is 79.9. The van der Waals surface area contributed by atoms with Crippen LogP contribution in [0.15, 0.2) is 53.1 Å². The van der Waals surface area contributed by atoms with E-state index >= 15 is 0 Å². The Morgan fingerprint density at radius 3 is 2.44 bits per heavy atom. The van der Waals surface area contributed by atoms with Crippen molar-refractivity contribution in [3.63, 3.8) is 0 Å². The molecule has 0 aliphatic heterocycles. The molecule has 1 heterocycles. The maximum absolute atomic E-state index is 12.8. The monoisotopic (exact) mass is 411 g/mol. The van der Waals surface area contributed by atoms with Gasteiger partial charge in [-0.2, -0.15) is 13.2 Å². The van der Waals surface area contributed by atoms with Crippen molar-refractivity contribution in [2.45, 2.75) is 24.9 Å². The molecule has 0 amide bonds. The first-order chi connectivity index (χ1) is 11.9. The Labute approximate surface area is 151 Å². The van der Waals surface area contributed by atoms with E-state index in [1.165, 1.54) is 12.1 Å². The van der Waals surface area contributed by atoms with Crippen molar-refractivity contribution in [1.29, 1.82) is 0 Å². The fourth-order valence-electron chi connectivity index (χ4n) is 3.13. The molecule has 1 unspecified atom stereocenters. The van der Waals surface area contributed by atoms with Gasteiger partial charge in [0.2, 0.25) is 0 Å². The van der Waals surface area contributed by atoms with Gasteiger partial charge in [-0.15, -0.1) is 0 Å². The van der Waals surface area contributed by atoms with E-state index in [2.05, 4.69) is 20.9 Å². The molecular weight excluding hydrogens is 395 g/mol. The molecule has 0 aliphatic carbocycles. The number of benzene rings is 2. The number of rotatable bonds is 5. The lowest BCUT2D eigenvalue weighted by molar-refractivity contribution is -0.137. The number of alkyl halides is 3. The van der Waals surface area contributed by atoms with Gasteiger partial charge < -0.3 is 10.1 Å². The van der Waals surface area contributed by atoms with Crippen LogP contribution in [0.25, 0.3) is 10.9 Å². The maximum Gasteiger partial charge on any atom is 0.416 e. The van der Waals surface area contributed by atoms with Gasteiger partial charge in [-0.05, 0) is 58.1 Å². The largest absolute Gasteiger partial charge is 0.416 e. The lowest BCUT2D eigenvalue weighted by atomic mass is 9.87. The molecule has 0 saturated carbocycles. The summed E-state index contributed by atoms with van der Waals surface area (Å²) in [4.78, 5) is 3.23. The normalized spacial score (nSPS) is 13.3. The summed E-state index contributed by atoms with van der Waals surface area (Å²) in [6.07, 6.45) is -1.21. The molecule has 0 saturated heterocycles. The third-order valence-corrected chi connectivity index (χ3v) is 5.02. The van der Waals surface area contributed by atoms with Crippen LogP contribution in [0.4, 0.5) is 13.2 Å². The third kappa shape index (κ3) is 3.75. The number of hydrogen-bond donors (Lipinski definition) is 2. The topological polar surface area (TPSA) is 36.0 Å². The van der Waals surface area contributed by atoms with Crippen LogP contribution in [0.1, 0.15) is 35.4 Å². The van der Waals surface area contributed by atoms with Crippen molar-refractivity contribution >= 4 is 26.8 Å². The van der Waals surface area contributed by atoms with E-state index in [9.17, 15) is 18.3 Å². The zero-order valence-electron chi connectivity index (χ0n) is 13.3. The Morgan fingerprint density at radius 1 is 1.08 bits per heavy atom. The van der Waals surface area contributed by atoms with Gasteiger partial charge in [0.05, 0.1) is 11.1 Å². The highest BCUT2D eigenvalue weighted by Crippen LogP contribution is 2.37. The SMILES string of the molecule is OCCCC(c1ccc(C(F)(F)F)cc1)c1c[nH]c2c(Br)cccc12. The first kappa shape index (κ1) is 18.0. The van der Waals surface area contributed by atoms with E-state index in [0.29, 0.717) is 12.8 Å². The van der Waals surface area contributed by atoms with Crippen LogP contribution in [-0.4, -0.2) is 16.7 Å². The van der Waals surface area contributed by atoms with E-state index in [0.717, 1.165) is 38.6 Å². The average Bonchev–Trinajstić information content (AvgIpc) is 3.00. The van der Waals surface area contributed by atoms with Crippen molar-refractivity contribution in [1.82, 2.24) is 4.98 Å². The summed E-state index contributed by atoms with van der Waals surface area (Å²) in [7, 11) is 0. The summed E-state index contributed by atoms with van der Waals surface area (Å²) >= 11 is 3.50. The first-order valence-corrected chi connectivity index (χ1v) is 8.74. The second kappa shape index (κ2) is 7.22. The van der Waals surface area contributed by atoms with E-state index < -0.39 is 11.7 Å². The van der Waals surface area contributed by atoms with Crippen molar-refractivity contribution in [3.05, 3.63) is 69.8 Å². The zero-order chi connectivity index (χ0) is 18.0. The molecular formula is C19H17BrF3NO. The Morgan fingerprint density at radius 2 is 1.80 bits per heavy atom. The lowest BCUT2D eigenvalue weighted by Crippen LogP contribution is -2.06. The molecule has 1 atom stereocenters. The van der Waals surface area contributed by atoms with Gasteiger partial charge in [0.25, 0.3) is 0 Å². The number of aliphatic hydroxyl groups excluding tert-OH is 1. The predicted molar refractivity (Wildman–Crippen MR) is 95.6 cm³/mol. The van der Waals surface area contributed by atoms with E-state index in [1.54, 1.807) is 0 Å². The van der Waals surface area contributed by atoms with E-state index in [4.69, 9.17) is 0 Å². The zero-order valence-corrected chi connectivity index (χ0v) is 14.9. The second-order valence-corrected chi connectivity index (χ2v) is 6.80. The number of fused-ring (bicyclic) bond motifs is 1. The van der Waals surface area contributed by atoms with Gasteiger partial charge in [-0.25, -0.2) is 0 Å². The van der Waals surface area contributed by atoms with Gasteiger partial charge in [0, 0.05) is 28.6 Å². The number of aromatic amines is 1. The van der Waals surface area contributed by atoms with Gasteiger partial charge in [0.1, 0.15) is 0 Å². The Bertz CT molecular complexity index is 855. The van der Waals surface area contributed by atoms with Crippen molar-refractivity contribution < 1.29 is 18.3 Å². The minimum atomic E-state index is -4.34. The fraction of sp³-hybridized carbons (Fsp3) is 0.263. The van der Waals surface area contributed by atoms with Gasteiger partial charge in [-0.3, -0.25) is 0 Å². The predicted octanol–water partition coefficient (Wildman–Crippen LogP) is 5.85. The second-order valence-electron chi connectivity index (χ2n) is 5.94. The summed E-state index contributed by atoms with van der Waals surface area (Å²) in [5.74, 6) is -0.0857. The molecule has 25 heavy (non-hydrogen) atoms. The molecule has 6 heteroatoms. The molecule has 2 nitrogen and oxygen atoms in total. The number of aliphatic hydroxyl groups is 1. The number of nitrogens with one attached hydrogen (secondary N) is 1. The Balaban J connectivity index is 2.03. The van der Waals surface area contributed by atoms with Crippen LogP contribution in [0, 0.1) is 0 Å². The standard InChI is InChI=1S/C19H17BrF3NO/c20-17-5-1-3-15-16(11-24-18(15)17)14(4-2-10-25)12-6-8-13(9-7-12)19(21,22)23/h1,3,5-9,11,14,24-25H,2,4,10H2. The van der Waals surface area contributed by atoms with Crippen LogP contribution in [0.2, 0.25) is 0 Å². The van der Waals surface area contributed by atoms with Crippen LogP contribution in [0.3, 0.4) is 0 Å². The van der Waals surface area contributed by atoms with Gasteiger partial charge in [-0.1, -0.05) is 24.3 Å². The minimum absolute atomic E-state index is 0.0448. The highest BCUT2D eigenvalue weighted by molar-refractivity contribution is 9.10. The van der Waals surface area contributed by atoms with E-state index in [-0.39, 0.29) is 12.5 Å². The van der Waals surface area contributed by atoms with Crippen molar-refractivity contribution in [2.24, 2.45) is 0 Å². The number of hydrogen-bond acceptors (Lipinski definition) is 1. The van der Waals surface area contributed by atoms with Gasteiger partial charge in [0.15, 0.2) is 0 Å². The molecule has 132 valence electrons. The van der Waals surface area contributed by atoms with Crippen molar-refractivity contribution in [3.8, 4) is 0 Å². The minimum Gasteiger partial charge on any atom is -0.396 e. The number of halogens is 4. The Hall–Kier alpha value is -1.79. The van der Waals surface area contributed by atoms with Crippen LogP contribution >= 0.6 is 15.9 Å². The highest BCUT2D eigenvalue weighted by Gasteiger charge is 2.30. The molecule has 0 fully saturated rings. The average molecular weight is 412 g/mol. The summed E-state index contributed by atoms with van der Waals surface area (Å²) in [6.45, 7) is 0.0448. The molecule has 0 spiro atoms. The summed E-state index contributed by atoms with van der Waals surface area (Å²) in [5, 5.41) is 10.2. The molecule has 2 aromatic carbocycles. The van der Waals surface area contributed by atoms with E-state index in [1.807, 2.05) is 24.4 Å². The molecule has 3 rings (SSSR count). The fourth-order valence-corrected chi connectivity index (χ4v) is 3.61. The molecule has 3 aromatic rings.